The number of ether oxygens (including phenoxy) is 1. The monoisotopic (exact) mass is 400 g/mol. The Morgan fingerprint density at radius 3 is 2.90 bits per heavy atom. The molecule has 0 unspecified atom stereocenters. The lowest BCUT2D eigenvalue weighted by Gasteiger charge is -2.12. The van der Waals surface area contributed by atoms with Gasteiger partial charge in [-0.25, -0.2) is 14.2 Å². The minimum absolute atomic E-state index is 0.0884. The highest BCUT2D eigenvalue weighted by Crippen LogP contribution is 2.25. The van der Waals surface area contributed by atoms with E-state index >= 15 is 0 Å². The van der Waals surface area contributed by atoms with Gasteiger partial charge in [0.2, 0.25) is 5.95 Å². The highest BCUT2D eigenvalue weighted by molar-refractivity contribution is 5.94. The van der Waals surface area contributed by atoms with Crippen molar-refractivity contribution in [1.29, 1.82) is 0 Å². The predicted octanol–water partition coefficient (Wildman–Crippen LogP) is 1.86. The molecule has 0 bridgehead atoms. The number of imidazole rings is 1. The fourth-order valence-corrected chi connectivity index (χ4v) is 3.60. The molecule has 1 aliphatic rings. The van der Waals surface area contributed by atoms with Crippen LogP contribution in [0.4, 0.5) is 16.0 Å². The summed E-state index contributed by atoms with van der Waals surface area (Å²) in [7, 11) is 0. The van der Waals surface area contributed by atoms with Crippen LogP contribution >= 0.6 is 0 Å². The number of nitrogens with zero attached hydrogens (tertiary/aromatic N) is 4. The lowest BCUT2D eigenvalue weighted by atomic mass is 10.1. The molecule has 0 aliphatic carbocycles. The molecular formula is C19H21FN6O3. The Bertz CT molecular complexity index is 1160. The maximum atomic E-state index is 14.2. The smallest absolute Gasteiger partial charge is 0.330 e. The minimum atomic E-state index is -0.835. The highest BCUT2D eigenvalue weighted by Gasteiger charge is 2.25. The molecule has 1 aromatic carbocycles. The van der Waals surface area contributed by atoms with E-state index in [1.54, 1.807) is 22.3 Å². The molecule has 152 valence electrons. The van der Waals surface area contributed by atoms with Crippen molar-refractivity contribution in [1.82, 2.24) is 19.1 Å². The summed E-state index contributed by atoms with van der Waals surface area (Å²) in [5, 5.41) is 2.97. The lowest BCUT2D eigenvalue weighted by Crippen LogP contribution is -2.27. The van der Waals surface area contributed by atoms with Crippen molar-refractivity contribution in [3.63, 3.8) is 0 Å². The van der Waals surface area contributed by atoms with Crippen molar-refractivity contribution in [2.75, 3.05) is 18.5 Å². The van der Waals surface area contributed by atoms with Gasteiger partial charge >= 0.3 is 5.69 Å². The topological polar surface area (TPSA) is 117 Å². The number of amides is 1. The number of aromatic nitrogens is 4. The summed E-state index contributed by atoms with van der Waals surface area (Å²) < 4.78 is 22.9. The van der Waals surface area contributed by atoms with Crippen molar-refractivity contribution in [3.05, 3.63) is 45.8 Å². The zero-order valence-corrected chi connectivity index (χ0v) is 16.1. The molecule has 1 fully saturated rings. The molecule has 1 amide bonds. The summed E-state index contributed by atoms with van der Waals surface area (Å²) in [6, 6.07) is 2.46. The molecule has 0 radical (unpaired) electrons. The van der Waals surface area contributed by atoms with Crippen molar-refractivity contribution in [2.45, 2.75) is 32.9 Å². The molecule has 9 nitrogen and oxygen atoms in total. The molecule has 1 atom stereocenters. The third-order valence-electron chi connectivity index (χ3n) is 5.12. The normalized spacial score (nSPS) is 16.4. The van der Waals surface area contributed by atoms with Crippen LogP contribution < -0.4 is 16.7 Å². The fraction of sp³-hybridized carbons (Fsp3) is 0.368. The van der Waals surface area contributed by atoms with Gasteiger partial charge < -0.3 is 15.8 Å². The van der Waals surface area contributed by atoms with Gasteiger partial charge in [0.05, 0.1) is 24.4 Å². The Morgan fingerprint density at radius 1 is 1.45 bits per heavy atom. The van der Waals surface area contributed by atoms with Crippen LogP contribution in [0.1, 0.15) is 35.3 Å². The number of hydrogen-bond acceptors (Lipinski definition) is 6. The second-order valence-electron chi connectivity index (χ2n) is 6.95. The van der Waals surface area contributed by atoms with E-state index in [0.29, 0.717) is 42.2 Å². The SMILES string of the molecule is CCn1c(=O)n([C@H]2CCOC2)c2nc(Nc3cc(F)c(C(N)=O)cc3C)ncc21. The number of carbonyl (C=O) groups excluding carboxylic acids is 1. The summed E-state index contributed by atoms with van der Waals surface area (Å²) in [6.45, 7) is 5.14. The first-order valence-corrected chi connectivity index (χ1v) is 9.33. The Kier molecular flexibility index (Phi) is 4.79. The van der Waals surface area contributed by atoms with Gasteiger partial charge in [0.15, 0.2) is 5.65 Å². The predicted molar refractivity (Wildman–Crippen MR) is 105 cm³/mol. The highest BCUT2D eigenvalue weighted by atomic mass is 19.1. The zero-order chi connectivity index (χ0) is 20.7. The van der Waals surface area contributed by atoms with E-state index in [-0.39, 0.29) is 23.2 Å². The molecule has 4 rings (SSSR count). The Morgan fingerprint density at radius 2 is 2.24 bits per heavy atom. The number of carbonyl (C=O) groups is 1. The van der Waals surface area contributed by atoms with Crippen molar-refractivity contribution >= 4 is 28.7 Å². The Labute approximate surface area is 165 Å². The number of aryl methyl sites for hydroxylation is 2. The van der Waals surface area contributed by atoms with Crippen molar-refractivity contribution in [3.8, 4) is 0 Å². The number of primary amides is 1. The first-order chi connectivity index (χ1) is 13.9. The van der Waals surface area contributed by atoms with Crippen LogP contribution in [0.2, 0.25) is 0 Å². The first-order valence-electron chi connectivity index (χ1n) is 9.33. The molecule has 10 heteroatoms. The number of benzene rings is 1. The van der Waals surface area contributed by atoms with Gasteiger partial charge in [-0.1, -0.05) is 0 Å². The van der Waals surface area contributed by atoms with E-state index in [1.807, 2.05) is 6.92 Å². The molecule has 29 heavy (non-hydrogen) atoms. The van der Waals surface area contributed by atoms with E-state index in [1.165, 1.54) is 12.1 Å². The van der Waals surface area contributed by atoms with Crippen molar-refractivity contribution in [2.24, 2.45) is 5.73 Å². The molecule has 1 aliphatic heterocycles. The summed E-state index contributed by atoms with van der Waals surface area (Å²) >= 11 is 0. The van der Waals surface area contributed by atoms with E-state index in [2.05, 4.69) is 15.3 Å². The maximum Gasteiger partial charge on any atom is 0.330 e. The number of halogens is 1. The summed E-state index contributed by atoms with van der Waals surface area (Å²) in [5.41, 5.74) is 6.98. The van der Waals surface area contributed by atoms with Crippen molar-refractivity contribution < 1.29 is 13.9 Å². The third kappa shape index (κ3) is 3.25. The number of anilines is 2. The number of rotatable bonds is 5. The van der Waals surface area contributed by atoms with Crippen LogP contribution in [-0.2, 0) is 11.3 Å². The molecular weight excluding hydrogens is 379 g/mol. The van der Waals surface area contributed by atoms with E-state index in [4.69, 9.17) is 10.5 Å². The number of fused-ring (bicyclic) bond motifs is 1. The number of hydrogen-bond donors (Lipinski definition) is 2. The average Bonchev–Trinajstić information content (AvgIpc) is 3.29. The molecule has 2 aromatic heterocycles. The van der Waals surface area contributed by atoms with Gasteiger partial charge in [0.25, 0.3) is 5.91 Å². The van der Waals surface area contributed by atoms with E-state index in [0.717, 1.165) is 6.42 Å². The molecule has 1 saturated heterocycles. The Hall–Kier alpha value is -3.27. The summed E-state index contributed by atoms with van der Waals surface area (Å²) in [5.74, 6) is -1.35. The van der Waals surface area contributed by atoms with Gasteiger partial charge in [0, 0.05) is 18.8 Å². The van der Waals surface area contributed by atoms with Crippen LogP contribution in [0.25, 0.3) is 11.2 Å². The van der Waals surface area contributed by atoms with Crippen LogP contribution in [0, 0.1) is 12.7 Å². The van der Waals surface area contributed by atoms with Gasteiger partial charge in [-0.05, 0) is 38.0 Å². The average molecular weight is 400 g/mol. The van der Waals surface area contributed by atoms with Gasteiger partial charge in [-0.2, -0.15) is 4.98 Å². The molecule has 3 heterocycles. The van der Waals surface area contributed by atoms with Crippen LogP contribution in [0.5, 0.6) is 0 Å². The minimum Gasteiger partial charge on any atom is -0.379 e. The maximum absolute atomic E-state index is 14.2. The number of nitrogens with one attached hydrogen (secondary N) is 1. The van der Waals surface area contributed by atoms with Crippen LogP contribution in [0.3, 0.4) is 0 Å². The second kappa shape index (κ2) is 7.28. The van der Waals surface area contributed by atoms with E-state index in [9.17, 15) is 14.0 Å². The molecule has 3 aromatic rings. The van der Waals surface area contributed by atoms with Gasteiger partial charge in [-0.3, -0.25) is 13.9 Å². The second-order valence-corrected chi connectivity index (χ2v) is 6.95. The fourth-order valence-electron chi connectivity index (χ4n) is 3.60. The molecule has 3 N–H and O–H groups in total. The molecule has 0 spiro atoms. The first kappa shape index (κ1) is 19.1. The lowest BCUT2D eigenvalue weighted by molar-refractivity contribution is 0.0996. The Balaban J connectivity index is 1.78. The summed E-state index contributed by atoms with van der Waals surface area (Å²) in [4.78, 5) is 33.0. The van der Waals surface area contributed by atoms with Crippen LogP contribution in [0.15, 0.2) is 23.1 Å². The quantitative estimate of drug-likeness (QED) is 0.675. The van der Waals surface area contributed by atoms with Gasteiger partial charge in [0.1, 0.15) is 11.3 Å². The van der Waals surface area contributed by atoms with Crippen LogP contribution in [-0.4, -0.2) is 38.2 Å². The standard InChI is InChI=1S/C19H21FN6O3/c1-3-25-15-8-22-18(23-14-7-13(20)12(16(21)27)6-10(14)2)24-17(15)26(19(25)28)11-4-5-29-9-11/h6-8,11H,3-5,9H2,1-2H3,(H2,21,27)(H,22,23,24)/t11-/m0/s1. The largest absolute Gasteiger partial charge is 0.379 e. The zero-order valence-electron chi connectivity index (χ0n) is 16.1. The van der Waals surface area contributed by atoms with Gasteiger partial charge in [-0.15, -0.1) is 0 Å². The van der Waals surface area contributed by atoms with E-state index < -0.39 is 11.7 Å². The summed E-state index contributed by atoms with van der Waals surface area (Å²) in [6.07, 6.45) is 2.31. The third-order valence-corrected chi connectivity index (χ3v) is 5.12. The number of nitrogens with two attached hydrogens (primary N) is 1. The molecule has 0 saturated carbocycles.